The molecule has 24 heavy (non-hydrogen) atoms. The fourth-order valence-corrected chi connectivity index (χ4v) is 3.60. The predicted octanol–water partition coefficient (Wildman–Crippen LogP) is 2.36. The molecule has 134 valence electrons. The van der Waals surface area contributed by atoms with Crippen LogP contribution in [0.5, 0.6) is 0 Å². The summed E-state index contributed by atoms with van der Waals surface area (Å²) in [4.78, 5) is 14.5. The Morgan fingerprint density at radius 2 is 1.83 bits per heavy atom. The summed E-state index contributed by atoms with van der Waals surface area (Å²) in [5.41, 5.74) is 1.12. The number of amides is 1. The normalized spacial score (nSPS) is 16.9. The molecule has 1 heterocycles. The van der Waals surface area contributed by atoms with Gasteiger partial charge in [0.05, 0.1) is 4.90 Å². The smallest absolute Gasteiger partial charge is 0.220 e. The van der Waals surface area contributed by atoms with Crippen molar-refractivity contribution in [1.82, 2.24) is 10.2 Å². The summed E-state index contributed by atoms with van der Waals surface area (Å²) in [6, 6.07) is 7.40. The standard InChI is InChI=1S/C18H28N2O3S/c1-3-4-5-18(21)19-16-10-12-20(13-11-16)14-15-6-8-17(9-7-15)24(2,22)23/h6-9,16H,3-5,10-14H2,1-2H3,(H,19,21). The number of piperidine rings is 1. The van der Waals surface area contributed by atoms with Crippen molar-refractivity contribution in [2.24, 2.45) is 0 Å². The number of benzene rings is 1. The summed E-state index contributed by atoms with van der Waals surface area (Å²) in [6.07, 6.45) is 5.79. The fourth-order valence-electron chi connectivity index (χ4n) is 2.97. The zero-order valence-electron chi connectivity index (χ0n) is 14.6. The van der Waals surface area contributed by atoms with E-state index in [0.29, 0.717) is 17.4 Å². The number of hydrogen-bond acceptors (Lipinski definition) is 4. The van der Waals surface area contributed by atoms with Crippen LogP contribution in [-0.4, -0.2) is 44.6 Å². The van der Waals surface area contributed by atoms with Crippen LogP contribution in [0.2, 0.25) is 0 Å². The molecule has 2 rings (SSSR count). The lowest BCUT2D eigenvalue weighted by Gasteiger charge is -2.32. The van der Waals surface area contributed by atoms with E-state index in [4.69, 9.17) is 0 Å². The average molecular weight is 353 g/mol. The highest BCUT2D eigenvalue weighted by molar-refractivity contribution is 7.90. The van der Waals surface area contributed by atoms with E-state index in [0.717, 1.165) is 50.9 Å². The third-order valence-electron chi connectivity index (χ3n) is 4.47. The van der Waals surface area contributed by atoms with Crippen molar-refractivity contribution in [2.75, 3.05) is 19.3 Å². The number of carbonyl (C=O) groups is 1. The van der Waals surface area contributed by atoms with Gasteiger partial charge >= 0.3 is 0 Å². The minimum Gasteiger partial charge on any atom is -0.353 e. The molecule has 6 heteroatoms. The highest BCUT2D eigenvalue weighted by Gasteiger charge is 2.20. The van der Waals surface area contributed by atoms with Crippen molar-refractivity contribution in [3.05, 3.63) is 29.8 Å². The van der Waals surface area contributed by atoms with Gasteiger partial charge in [0.25, 0.3) is 0 Å². The molecule has 1 amide bonds. The summed E-state index contributed by atoms with van der Waals surface area (Å²) >= 11 is 0. The Morgan fingerprint density at radius 1 is 1.21 bits per heavy atom. The Bertz CT molecular complexity index is 633. The molecule has 1 aromatic rings. The first-order chi connectivity index (χ1) is 11.4. The summed E-state index contributed by atoms with van der Waals surface area (Å²) in [5, 5.41) is 3.13. The Labute approximate surface area is 145 Å². The highest BCUT2D eigenvalue weighted by Crippen LogP contribution is 2.16. The molecule has 0 aromatic heterocycles. The Morgan fingerprint density at radius 3 is 2.38 bits per heavy atom. The number of carbonyl (C=O) groups excluding carboxylic acids is 1. The molecule has 1 aliphatic rings. The molecule has 0 bridgehead atoms. The lowest BCUT2D eigenvalue weighted by molar-refractivity contribution is -0.122. The van der Waals surface area contributed by atoms with Crippen LogP contribution in [0.15, 0.2) is 29.2 Å². The van der Waals surface area contributed by atoms with Crippen LogP contribution in [0.25, 0.3) is 0 Å². The molecule has 1 saturated heterocycles. The summed E-state index contributed by atoms with van der Waals surface area (Å²) < 4.78 is 23.0. The quantitative estimate of drug-likeness (QED) is 0.818. The van der Waals surface area contributed by atoms with Gasteiger partial charge in [-0.3, -0.25) is 9.69 Å². The number of likely N-dealkylation sites (tertiary alicyclic amines) is 1. The van der Waals surface area contributed by atoms with Gasteiger partial charge in [0.1, 0.15) is 0 Å². The molecule has 0 atom stereocenters. The maximum Gasteiger partial charge on any atom is 0.220 e. The van der Waals surface area contributed by atoms with Gasteiger partial charge in [-0.1, -0.05) is 25.5 Å². The minimum atomic E-state index is -3.13. The van der Waals surface area contributed by atoms with Gasteiger partial charge in [0.15, 0.2) is 9.84 Å². The van der Waals surface area contributed by atoms with Crippen LogP contribution in [0.1, 0.15) is 44.6 Å². The first kappa shape index (κ1) is 18.9. The van der Waals surface area contributed by atoms with Crippen molar-refractivity contribution in [3.8, 4) is 0 Å². The molecule has 0 unspecified atom stereocenters. The Balaban J connectivity index is 1.78. The number of nitrogens with one attached hydrogen (secondary N) is 1. The van der Waals surface area contributed by atoms with E-state index in [1.165, 1.54) is 6.26 Å². The van der Waals surface area contributed by atoms with Crippen molar-refractivity contribution < 1.29 is 13.2 Å². The van der Waals surface area contributed by atoms with Crippen molar-refractivity contribution >= 4 is 15.7 Å². The molecule has 1 aliphatic heterocycles. The number of nitrogens with zero attached hydrogens (tertiary/aromatic N) is 1. The van der Waals surface area contributed by atoms with Crippen LogP contribution in [0, 0.1) is 0 Å². The number of hydrogen-bond donors (Lipinski definition) is 1. The molecule has 0 spiro atoms. The van der Waals surface area contributed by atoms with E-state index in [-0.39, 0.29) is 5.91 Å². The summed E-state index contributed by atoms with van der Waals surface area (Å²) in [5.74, 6) is 0.173. The van der Waals surface area contributed by atoms with Crippen LogP contribution in [0.4, 0.5) is 0 Å². The highest BCUT2D eigenvalue weighted by atomic mass is 32.2. The maximum absolute atomic E-state index is 11.8. The van der Waals surface area contributed by atoms with Gasteiger partial charge in [-0.05, 0) is 37.0 Å². The monoisotopic (exact) mass is 352 g/mol. The lowest BCUT2D eigenvalue weighted by atomic mass is 10.0. The SMILES string of the molecule is CCCCC(=O)NC1CCN(Cc2ccc(S(C)(=O)=O)cc2)CC1. The van der Waals surface area contributed by atoms with Gasteiger partial charge in [0, 0.05) is 38.4 Å². The van der Waals surface area contributed by atoms with Gasteiger partial charge in [-0.2, -0.15) is 0 Å². The largest absolute Gasteiger partial charge is 0.353 e. The predicted molar refractivity (Wildman–Crippen MR) is 95.5 cm³/mol. The van der Waals surface area contributed by atoms with E-state index < -0.39 is 9.84 Å². The van der Waals surface area contributed by atoms with Gasteiger partial charge in [-0.15, -0.1) is 0 Å². The van der Waals surface area contributed by atoms with E-state index in [1.807, 2.05) is 12.1 Å². The topological polar surface area (TPSA) is 66.5 Å². The van der Waals surface area contributed by atoms with Crippen LogP contribution >= 0.6 is 0 Å². The van der Waals surface area contributed by atoms with Gasteiger partial charge in [-0.25, -0.2) is 8.42 Å². The molecular weight excluding hydrogens is 324 g/mol. The lowest BCUT2D eigenvalue weighted by Crippen LogP contribution is -2.44. The van der Waals surface area contributed by atoms with E-state index in [2.05, 4.69) is 17.1 Å². The first-order valence-electron chi connectivity index (χ1n) is 8.69. The minimum absolute atomic E-state index is 0.173. The van der Waals surface area contributed by atoms with Crippen LogP contribution in [0.3, 0.4) is 0 Å². The Kier molecular flexibility index (Phi) is 6.80. The molecule has 0 aliphatic carbocycles. The van der Waals surface area contributed by atoms with Crippen molar-refractivity contribution in [2.45, 2.75) is 56.5 Å². The number of rotatable bonds is 7. The molecular formula is C18H28N2O3S. The van der Waals surface area contributed by atoms with Gasteiger partial charge in [0.2, 0.25) is 5.91 Å². The second-order valence-electron chi connectivity index (χ2n) is 6.64. The summed E-state index contributed by atoms with van der Waals surface area (Å²) in [7, 11) is -3.13. The molecule has 1 aromatic carbocycles. The van der Waals surface area contributed by atoms with Gasteiger partial charge < -0.3 is 5.32 Å². The second kappa shape index (κ2) is 8.62. The van der Waals surface area contributed by atoms with Crippen LogP contribution in [-0.2, 0) is 21.2 Å². The molecule has 0 radical (unpaired) electrons. The van der Waals surface area contributed by atoms with E-state index >= 15 is 0 Å². The molecule has 5 nitrogen and oxygen atoms in total. The third-order valence-corrected chi connectivity index (χ3v) is 5.60. The number of unbranched alkanes of at least 4 members (excludes halogenated alkanes) is 1. The second-order valence-corrected chi connectivity index (χ2v) is 8.65. The van der Waals surface area contributed by atoms with Crippen molar-refractivity contribution in [1.29, 1.82) is 0 Å². The fraction of sp³-hybridized carbons (Fsp3) is 0.611. The maximum atomic E-state index is 11.8. The molecule has 1 fully saturated rings. The Hall–Kier alpha value is -1.40. The zero-order chi connectivity index (χ0) is 17.6. The van der Waals surface area contributed by atoms with Crippen molar-refractivity contribution in [3.63, 3.8) is 0 Å². The molecule has 1 N–H and O–H groups in total. The third kappa shape index (κ3) is 5.91. The van der Waals surface area contributed by atoms with Crippen LogP contribution < -0.4 is 5.32 Å². The first-order valence-corrected chi connectivity index (χ1v) is 10.6. The molecule has 0 saturated carbocycles. The van der Waals surface area contributed by atoms with E-state index in [9.17, 15) is 13.2 Å². The number of sulfone groups is 1. The van der Waals surface area contributed by atoms with E-state index in [1.54, 1.807) is 12.1 Å². The average Bonchev–Trinajstić information content (AvgIpc) is 2.54. The summed E-state index contributed by atoms with van der Waals surface area (Å²) in [6.45, 7) is 4.81. The zero-order valence-corrected chi connectivity index (χ0v) is 15.4.